The van der Waals surface area contributed by atoms with Crippen LogP contribution in [0.25, 0.3) is 0 Å². The summed E-state index contributed by atoms with van der Waals surface area (Å²) in [5, 5.41) is 0. The maximum atomic E-state index is 4.92. The quantitative estimate of drug-likeness (QED) is 0.582. The molecule has 10 heavy (non-hydrogen) atoms. The Balaban J connectivity index is 2.41. The van der Waals surface area contributed by atoms with Crippen LogP contribution in [0.2, 0.25) is 0 Å². The number of hydrogen-bond donors (Lipinski definition) is 1. The van der Waals surface area contributed by atoms with Gasteiger partial charge in [0.2, 0.25) is 5.90 Å². The lowest BCUT2D eigenvalue weighted by molar-refractivity contribution is 0.324. The van der Waals surface area contributed by atoms with E-state index in [1.54, 1.807) is 0 Å². The van der Waals surface area contributed by atoms with E-state index in [4.69, 9.17) is 5.90 Å². The van der Waals surface area contributed by atoms with Crippen LogP contribution >= 0.6 is 0 Å². The van der Waals surface area contributed by atoms with Crippen molar-refractivity contribution in [2.24, 2.45) is 10.9 Å². The van der Waals surface area contributed by atoms with Gasteiger partial charge in [-0.2, -0.15) is 5.90 Å². The number of hydrogen-bond acceptors (Lipinski definition) is 3. The zero-order valence-corrected chi connectivity index (χ0v) is 6.13. The second-order valence-corrected chi connectivity index (χ2v) is 2.32. The van der Waals surface area contributed by atoms with Crippen molar-refractivity contribution in [2.75, 3.05) is 6.54 Å². The Kier molecular flexibility index (Phi) is 2.45. The molecule has 0 atom stereocenters. The van der Waals surface area contributed by atoms with E-state index in [9.17, 15) is 0 Å². The minimum Gasteiger partial charge on any atom is -0.392 e. The van der Waals surface area contributed by atoms with Crippen LogP contribution in [0.4, 0.5) is 0 Å². The van der Waals surface area contributed by atoms with Gasteiger partial charge in [-0.15, -0.1) is 0 Å². The molecule has 0 radical (unpaired) electrons. The van der Waals surface area contributed by atoms with E-state index in [0.717, 1.165) is 19.4 Å². The molecule has 0 aromatic carbocycles. The molecule has 3 heteroatoms. The molecule has 0 fully saturated rings. The number of aliphatic imine (C=N–C) groups is 1. The predicted octanol–water partition coefficient (Wildman–Crippen LogP) is 1.02. The monoisotopic (exact) mass is 140 g/mol. The molecule has 2 N–H and O–H groups in total. The van der Waals surface area contributed by atoms with Crippen LogP contribution in [0.5, 0.6) is 0 Å². The smallest absolute Gasteiger partial charge is 0.233 e. The van der Waals surface area contributed by atoms with Gasteiger partial charge >= 0.3 is 0 Å². The molecule has 0 spiro atoms. The van der Waals surface area contributed by atoms with Crippen molar-refractivity contribution in [1.29, 1.82) is 0 Å². The van der Waals surface area contributed by atoms with Crippen molar-refractivity contribution in [3.8, 4) is 0 Å². The van der Waals surface area contributed by atoms with E-state index in [1.165, 1.54) is 5.57 Å². The Labute approximate surface area is 60.5 Å². The van der Waals surface area contributed by atoms with Crippen molar-refractivity contribution >= 4 is 5.90 Å². The van der Waals surface area contributed by atoms with E-state index in [1.807, 2.05) is 6.08 Å². The lowest BCUT2D eigenvalue weighted by Gasteiger charge is -1.92. The highest BCUT2D eigenvalue weighted by molar-refractivity contribution is 5.90. The van der Waals surface area contributed by atoms with Gasteiger partial charge in [0.25, 0.3) is 0 Å². The largest absolute Gasteiger partial charge is 0.392 e. The molecule has 0 amide bonds. The van der Waals surface area contributed by atoms with Crippen molar-refractivity contribution in [3.63, 3.8) is 0 Å². The summed E-state index contributed by atoms with van der Waals surface area (Å²) >= 11 is 0. The first-order chi connectivity index (χ1) is 4.86. The Hall–Kier alpha value is -0.830. The zero-order chi connectivity index (χ0) is 7.40. The third kappa shape index (κ3) is 1.57. The van der Waals surface area contributed by atoms with Crippen molar-refractivity contribution < 1.29 is 4.84 Å². The van der Waals surface area contributed by atoms with Gasteiger partial charge < -0.3 is 4.84 Å². The molecule has 56 valence electrons. The summed E-state index contributed by atoms with van der Waals surface area (Å²) in [7, 11) is 0. The summed E-state index contributed by atoms with van der Waals surface area (Å²) in [6.45, 7) is 2.91. The molecule has 0 aromatic heterocycles. The maximum Gasteiger partial charge on any atom is 0.233 e. The third-order valence-electron chi connectivity index (χ3n) is 1.46. The molecule has 0 bridgehead atoms. The summed E-state index contributed by atoms with van der Waals surface area (Å²) in [5.41, 5.74) is 1.31. The third-order valence-corrected chi connectivity index (χ3v) is 1.46. The summed E-state index contributed by atoms with van der Waals surface area (Å²) in [6, 6.07) is 0. The summed E-state index contributed by atoms with van der Waals surface area (Å²) in [5.74, 6) is 5.48. The van der Waals surface area contributed by atoms with Gasteiger partial charge in [0.1, 0.15) is 0 Å². The highest BCUT2D eigenvalue weighted by Gasteiger charge is 2.06. The molecule has 1 aliphatic rings. The first kappa shape index (κ1) is 7.28. The Bertz CT molecular complexity index is 172. The highest BCUT2D eigenvalue weighted by Crippen LogP contribution is 2.10. The van der Waals surface area contributed by atoms with Crippen LogP contribution in [-0.4, -0.2) is 12.4 Å². The normalized spacial score (nSPS) is 16.6. The van der Waals surface area contributed by atoms with Crippen LogP contribution in [0.1, 0.15) is 19.8 Å². The van der Waals surface area contributed by atoms with Crippen LogP contribution < -0.4 is 5.90 Å². The first-order valence-electron chi connectivity index (χ1n) is 3.47. The van der Waals surface area contributed by atoms with Gasteiger partial charge in [0.15, 0.2) is 0 Å². The molecule has 0 saturated heterocycles. The number of nitrogens with zero attached hydrogens (tertiary/aromatic N) is 1. The first-order valence-corrected chi connectivity index (χ1v) is 3.47. The van der Waals surface area contributed by atoms with Gasteiger partial charge in [-0.3, -0.25) is 0 Å². The van der Waals surface area contributed by atoms with Gasteiger partial charge in [0.05, 0.1) is 6.54 Å². The Morgan fingerprint density at radius 2 is 2.60 bits per heavy atom. The van der Waals surface area contributed by atoms with Gasteiger partial charge in [-0.05, 0) is 12.0 Å². The summed E-state index contributed by atoms with van der Waals surface area (Å²) < 4.78 is 0. The Morgan fingerprint density at radius 1 is 1.80 bits per heavy atom. The van der Waals surface area contributed by atoms with Crippen LogP contribution in [-0.2, 0) is 4.84 Å². The molecule has 1 aliphatic heterocycles. The predicted molar refractivity (Wildman–Crippen MR) is 40.6 cm³/mol. The second kappa shape index (κ2) is 3.37. The standard InChI is InChI=1S/C7H12N2O/c1-2-3-6-4-7(10-8)9-5-6/h4H,2-3,5,8H2,1H3. The van der Waals surface area contributed by atoms with E-state index in [0.29, 0.717) is 5.90 Å². The molecule has 1 rings (SSSR count). The Morgan fingerprint density at radius 3 is 3.10 bits per heavy atom. The fraction of sp³-hybridized carbons (Fsp3) is 0.571. The van der Waals surface area contributed by atoms with E-state index in [-0.39, 0.29) is 0 Å². The second-order valence-electron chi connectivity index (χ2n) is 2.32. The van der Waals surface area contributed by atoms with Gasteiger partial charge in [-0.25, -0.2) is 4.99 Å². The molecule has 0 aromatic rings. The topological polar surface area (TPSA) is 47.6 Å². The van der Waals surface area contributed by atoms with Crippen LogP contribution in [0.15, 0.2) is 16.6 Å². The number of rotatable bonds is 2. The van der Waals surface area contributed by atoms with Crippen molar-refractivity contribution in [1.82, 2.24) is 0 Å². The van der Waals surface area contributed by atoms with Gasteiger partial charge in [0, 0.05) is 6.08 Å². The fourth-order valence-electron chi connectivity index (χ4n) is 0.989. The lowest BCUT2D eigenvalue weighted by atomic mass is 10.1. The highest BCUT2D eigenvalue weighted by atomic mass is 16.6. The summed E-state index contributed by atoms with van der Waals surface area (Å²) in [6.07, 6.45) is 4.15. The molecule has 0 saturated carbocycles. The van der Waals surface area contributed by atoms with E-state index < -0.39 is 0 Å². The molecule has 1 heterocycles. The van der Waals surface area contributed by atoms with Crippen LogP contribution in [0, 0.1) is 0 Å². The molecule has 0 unspecified atom stereocenters. The average Bonchev–Trinajstić information content (AvgIpc) is 2.37. The van der Waals surface area contributed by atoms with Gasteiger partial charge in [-0.1, -0.05) is 13.3 Å². The maximum absolute atomic E-state index is 4.92. The minimum atomic E-state index is 0.559. The van der Waals surface area contributed by atoms with Crippen molar-refractivity contribution in [2.45, 2.75) is 19.8 Å². The lowest BCUT2D eigenvalue weighted by Crippen LogP contribution is -2.04. The van der Waals surface area contributed by atoms with E-state index in [2.05, 4.69) is 16.8 Å². The fourth-order valence-corrected chi connectivity index (χ4v) is 0.989. The molecule has 3 nitrogen and oxygen atoms in total. The van der Waals surface area contributed by atoms with Crippen molar-refractivity contribution in [3.05, 3.63) is 11.6 Å². The SMILES string of the molecule is CCCC1=CC(ON)=NC1. The molecular formula is C7H12N2O. The van der Waals surface area contributed by atoms with Crippen LogP contribution in [0.3, 0.4) is 0 Å². The summed E-state index contributed by atoms with van der Waals surface area (Å²) in [4.78, 5) is 8.49. The molecule has 0 aliphatic carbocycles. The van der Waals surface area contributed by atoms with E-state index >= 15 is 0 Å². The number of nitrogens with two attached hydrogens (primary N) is 1. The zero-order valence-electron chi connectivity index (χ0n) is 6.13. The molecular weight excluding hydrogens is 128 g/mol. The minimum absolute atomic E-state index is 0.559. The average molecular weight is 140 g/mol.